The predicted molar refractivity (Wildman–Crippen MR) is 233 cm³/mol. The summed E-state index contributed by atoms with van der Waals surface area (Å²) in [6, 6.07) is 0. The van der Waals surface area contributed by atoms with E-state index < -0.39 is 13.9 Å². The van der Waals surface area contributed by atoms with Crippen LogP contribution >= 0.6 is 7.82 Å². The van der Waals surface area contributed by atoms with Crippen molar-refractivity contribution >= 4 is 13.8 Å². The molecule has 326 valence electrons. The van der Waals surface area contributed by atoms with Gasteiger partial charge in [-0.1, -0.05) is 179 Å². The summed E-state index contributed by atoms with van der Waals surface area (Å²) < 4.78 is 33.4. The minimum Gasteiger partial charge on any atom is -0.457 e. The molecule has 0 radical (unpaired) electrons. The van der Waals surface area contributed by atoms with Gasteiger partial charge >= 0.3 is 13.8 Å². The lowest BCUT2D eigenvalue weighted by Crippen LogP contribution is -2.28. The monoisotopic (exact) mass is 800 g/mol. The predicted octanol–water partition coefficient (Wildman–Crippen LogP) is 14.0. The second kappa shape index (κ2) is 44.1. The van der Waals surface area contributed by atoms with Gasteiger partial charge < -0.3 is 20.1 Å². The number of phosphoric ester groups is 1. The van der Waals surface area contributed by atoms with Crippen LogP contribution in [0.5, 0.6) is 0 Å². The molecule has 0 rings (SSSR count). The van der Waals surface area contributed by atoms with Crippen molar-refractivity contribution in [1.29, 1.82) is 0 Å². The van der Waals surface area contributed by atoms with Crippen LogP contribution in [0.1, 0.15) is 226 Å². The minimum atomic E-state index is -4.28. The van der Waals surface area contributed by atoms with Crippen LogP contribution in [-0.2, 0) is 27.9 Å². The average molecular weight is 800 g/mol. The summed E-state index contributed by atoms with van der Waals surface area (Å²) in [5.74, 6) is -0.331. The molecule has 0 aromatic carbocycles. The number of carbonyl (C=O) groups is 1. The van der Waals surface area contributed by atoms with Gasteiger partial charge in [-0.05, 0) is 64.2 Å². The van der Waals surface area contributed by atoms with Gasteiger partial charge in [0, 0.05) is 19.6 Å². The van der Waals surface area contributed by atoms with Crippen LogP contribution in [0.2, 0.25) is 0 Å². The molecule has 9 heteroatoms. The van der Waals surface area contributed by atoms with Crippen LogP contribution in [0.4, 0.5) is 0 Å². The van der Waals surface area contributed by atoms with Crippen molar-refractivity contribution in [2.45, 2.75) is 232 Å². The van der Waals surface area contributed by atoms with E-state index in [1.54, 1.807) is 0 Å². The van der Waals surface area contributed by atoms with Crippen LogP contribution in [0.3, 0.4) is 0 Å². The highest BCUT2D eigenvalue weighted by atomic mass is 31.2. The Morgan fingerprint density at radius 3 is 1.36 bits per heavy atom. The third kappa shape index (κ3) is 43.9. The topological polar surface area (TPSA) is 117 Å². The Balaban J connectivity index is 3.92. The molecule has 3 N–H and O–H groups in total. The molecule has 0 aromatic heterocycles. The smallest absolute Gasteiger partial charge is 0.457 e. The van der Waals surface area contributed by atoms with Crippen molar-refractivity contribution in [1.82, 2.24) is 0 Å². The Morgan fingerprint density at radius 2 is 0.909 bits per heavy atom. The van der Waals surface area contributed by atoms with Crippen LogP contribution in [-0.4, -0.2) is 49.9 Å². The minimum absolute atomic E-state index is 0.0952. The van der Waals surface area contributed by atoms with Crippen molar-refractivity contribution in [3.63, 3.8) is 0 Å². The first-order valence-electron chi connectivity index (χ1n) is 23.3. The number of ether oxygens (including phenoxy) is 2. The van der Waals surface area contributed by atoms with E-state index in [9.17, 15) is 14.3 Å². The Kier molecular flexibility index (Phi) is 43.3. The zero-order valence-corrected chi connectivity index (χ0v) is 37.1. The summed E-state index contributed by atoms with van der Waals surface area (Å²) in [5, 5.41) is 0. The van der Waals surface area contributed by atoms with E-state index in [1.165, 1.54) is 173 Å². The Labute approximate surface area is 340 Å². The number of carbonyl (C=O) groups excluding carboxylic acids is 1. The van der Waals surface area contributed by atoms with E-state index in [0.717, 1.165) is 32.1 Å². The number of nitrogens with two attached hydrogens (primary N) is 1. The van der Waals surface area contributed by atoms with Crippen LogP contribution in [0.15, 0.2) is 24.3 Å². The van der Waals surface area contributed by atoms with Gasteiger partial charge in [0.1, 0.15) is 6.10 Å². The molecule has 0 aliphatic heterocycles. The Bertz CT molecular complexity index is 900. The van der Waals surface area contributed by atoms with Crippen molar-refractivity contribution < 1.29 is 32.8 Å². The van der Waals surface area contributed by atoms with Gasteiger partial charge in [-0.2, -0.15) is 0 Å². The summed E-state index contributed by atoms with van der Waals surface area (Å²) in [6.07, 6.45) is 49.2. The Hall–Kier alpha value is -1.02. The number of phosphoric acid groups is 1. The Morgan fingerprint density at radius 1 is 0.527 bits per heavy atom. The fourth-order valence-corrected chi connectivity index (χ4v) is 7.40. The maximum Gasteiger partial charge on any atom is 0.472 e. The summed E-state index contributed by atoms with van der Waals surface area (Å²) in [4.78, 5) is 22.5. The van der Waals surface area contributed by atoms with E-state index in [4.69, 9.17) is 24.3 Å². The highest BCUT2D eigenvalue weighted by Gasteiger charge is 2.25. The quantitative estimate of drug-likeness (QED) is 0.0271. The molecule has 0 amide bonds. The molecule has 0 fully saturated rings. The van der Waals surface area contributed by atoms with Gasteiger partial charge in [0.15, 0.2) is 0 Å². The normalized spacial score (nSPS) is 13.6. The molecule has 0 aliphatic rings. The van der Waals surface area contributed by atoms with Gasteiger partial charge in [0.25, 0.3) is 0 Å². The maximum atomic E-state index is 12.6. The molecule has 2 unspecified atom stereocenters. The lowest BCUT2D eigenvalue weighted by atomic mass is 10.0. The molecule has 0 heterocycles. The van der Waals surface area contributed by atoms with E-state index >= 15 is 0 Å². The second-order valence-corrected chi connectivity index (χ2v) is 17.1. The van der Waals surface area contributed by atoms with E-state index in [2.05, 4.69) is 38.2 Å². The summed E-state index contributed by atoms with van der Waals surface area (Å²) in [7, 11) is -4.28. The zero-order valence-electron chi connectivity index (χ0n) is 36.2. The fraction of sp³-hybridized carbons (Fsp3) is 0.891. The molecule has 0 spiro atoms. The largest absolute Gasteiger partial charge is 0.472 e. The van der Waals surface area contributed by atoms with Gasteiger partial charge in [0.05, 0.1) is 19.8 Å². The van der Waals surface area contributed by atoms with Crippen molar-refractivity contribution in [3.8, 4) is 0 Å². The van der Waals surface area contributed by atoms with E-state index in [-0.39, 0.29) is 32.3 Å². The zero-order chi connectivity index (χ0) is 40.2. The highest BCUT2D eigenvalue weighted by Crippen LogP contribution is 2.43. The second-order valence-electron chi connectivity index (χ2n) is 15.6. The molecule has 0 saturated carbocycles. The summed E-state index contributed by atoms with van der Waals surface area (Å²) >= 11 is 0. The molecule has 0 aromatic rings. The van der Waals surface area contributed by atoms with E-state index in [1.807, 2.05) is 0 Å². The van der Waals surface area contributed by atoms with Crippen LogP contribution in [0, 0.1) is 0 Å². The van der Waals surface area contributed by atoms with Gasteiger partial charge in [-0.15, -0.1) is 0 Å². The van der Waals surface area contributed by atoms with Crippen LogP contribution < -0.4 is 5.73 Å². The third-order valence-corrected chi connectivity index (χ3v) is 11.1. The first-order valence-corrected chi connectivity index (χ1v) is 24.8. The summed E-state index contributed by atoms with van der Waals surface area (Å²) in [6.45, 7) is 4.92. The van der Waals surface area contributed by atoms with Gasteiger partial charge in [-0.3, -0.25) is 13.8 Å². The molecule has 55 heavy (non-hydrogen) atoms. The first-order chi connectivity index (χ1) is 26.9. The lowest BCUT2D eigenvalue weighted by Gasteiger charge is -2.20. The summed E-state index contributed by atoms with van der Waals surface area (Å²) in [5.41, 5.74) is 5.37. The fourth-order valence-electron chi connectivity index (χ4n) is 6.63. The van der Waals surface area contributed by atoms with E-state index in [0.29, 0.717) is 13.0 Å². The van der Waals surface area contributed by atoms with Crippen LogP contribution in [0.25, 0.3) is 0 Å². The average Bonchev–Trinajstić information content (AvgIpc) is 3.17. The molecule has 0 saturated heterocycles. The molecule has 2 atom stereocenters. The number of allylic oxidation sites excluding steroid dienone is 4. The van der Waals surface area contributed by atoms with Crippen molar-refractivity contribution in [2.24, 2.45) is 5.73 Å². The lowest BCUT2D eigenvalue weighted by molar-refractivity contribution is -0.154. The number of rotatable bonds is 45. The highest BCUT2D eigenvalue weighted by molar-refractivity contribution is 7.47. The van der Waals surface area contributed by atoms with Crippen molar-refractivity contribution in [3.05, 3.63) is 24.3 Å². The molecule has 8 nitrogen and oxygen atoms in total. The number of hydrogen-bond acceptors (Lipinski definition) is 7. The maximum absolute atomic E-state index is 12.6. The number of unbranched alkanes of at least 4 members (excludes halogenated alkanes) is 28. The molecule has 0 aliphatic carbocycles. The third-order valence-electron chi connectivity index (χ3n) is 10.1. The SMILES string of the molecule is CCCCC/C=C\CCCCCCCCOCC(COP(=O)(O)OCCN)OC(=O)CCCCCCCCCCCCC/C=C\CCCCCCCCCC. The van der Waals surface area contributed by atoms with Gasteiger partial charge in [0.2, 0.25) is 0 Å². The standard InChI is InChI=1S/C46H90NO7P/c1-3-5-7-9-11-13-15-17-18-19-20-21-22-23-24-25-26-27-29-31-33-35-37-39-46(48)54-45(44-53-55(49,50)52-42-40-47)43-51-41-38-36-34-32-30-28-16-14-12-10-8-6-4-2/h12,14,19-20,45H,3-11,13,15-18,21-44,47H2,1-2H3,(H,49,50)/b14-12-,20-19-. The number of hydrogen-bond donors (Lipinski definition) is 2. The van der Waals surface area contributed by atoms with Crippen molar-refractivity contribution in [2.75, 3.05) is 33.0 Å². The molecular formula is C46H90NO7P. The number of esters is 1. The molecular weight excluding hydrogens is 709 g/mol. The first kappa shape index (κ1) is 54.0. The molecule has 0 bridgehead atoms. The van der Waals surface area contributed by atoms with Gasteiger partial charge in [-0.25, -0.2) is 4.57 Å².